The molecule has 2 heterocycles. The summed E-state index contributed by atoms with van der Waals surface area (Å²) in [6.45, 7) is 2.25. The van der Waals surface area contributed by atoms with Gasteiger partial charge in [0.1, 0.15) is 0 Å². The number of aromatic nitrogens is 1. The molecular weight excluding hydrogens is 232 g/mol. The lowest BCUT2D eigenvalue weighted by atomic mass is 9.90. The minimum atomic E-state index is 0.679. The summed E-state index contributed by atoms with van der Waals surface area (Å²) in [5.74, 6) is 0.679. The highest BCUT2D eigenvalue weighted by atomic mass is 35.5. The second-order valence-electron chi connectivity index (χ2n) is 4.86. The van der Waals surface area contributed by atoms with Gasteiger partial charge < -0.3 is 9.88 Å². The van der Waals surface area contributed by atoms with Crippen LogP contribution in [0.1, 0.15) is 24.3 Å². The Morgan fingerprint density at radius 2 is 2.06 bits per heavy atom. The molecule has 1 saturated heterocycles. The fourth-order valence-corrected chi connectivity index (χ4v) is 3.22. The maximum absolute atomic E-state index is 6.28. The number of rotatable bonds is 1. The first-order valence-corrected chi connectivity index (χ1v) is 6.59. The molecule has 0 radical (unpaired) electrons. The van der Waals surface area contributed by atoms with E-state index in [1.807, 2.05) is 6.07 Å². The van der Waals surface area contributed by atoms with Gasteiger partial charge in [0.25, 0.3) is 0 Å². The van der Waals surface area contributed by atoms with Crippen LogP contribution in [0.15, 0.2) is 24.4 Å². The van der Waals surface area contributed by atoms with Crippen LogP contribution < -0.4 is 5.32 Å². The van der Waals surface area contributed by atoms with E-state index in [1.165, 1.54) is 29.3 Å². The van der Waals surface area contributed by atoms with Gasteiger partial charge in [0.15, 0.2) is 0 Å². The van der Waals surface area contributed by atoms with E-state index in [1.54, 1.807) is 0 Å². The first-order chi connectivity index (χ1) is 8.27. The van der Waals surface area contributed by atoms with Crippen molar-refractivity contribution in [3.8, 4) is 0 Å². The van der Waals surface area contributed by atoms with Crippen molar-refractivity contribution in [2.75, 3.05) is 13.1 Å². The summed E-state index contributed by atoms with van der Waals surface area (Å²) < 4.78 is 2.16. The van der Waals surface area contributed by atoms with E-state index in [4.69, 9.17) is 11.6 Å². The van der Waals surface area contributed by atoms with Crippen LogP contribution in [0, 0.1) is 0 Å². The number of aryl methyl sites for hydroxylation is 1. The Hall–Kier alpha value is -0.990. The van der Waals surface area contributed by atoms with Crippen molar-refractivity contribution in [3.63, 3.8) is 0 Å². The van der Waals surface area contributed by atoms with Crippen LogP contribution in [0.5, 0.6) is 0 Å². The van der Waals surface area contributed by atoms with Crippen molar-refractivity contribution in [3.05, 3.63) is 35.0 Å². The SMILES string of the molecule is Cn1cc(C2CCNCC2)c2cccc(Cl)c21. The van der Waals surface area contributed by atoms with E-state index in [0.717, 1.165) is 18.1 Å². The van der Waals surface area contributed by atoms with Crippen LogP contribution in [-0.4, -0.2) is 17.7 Å². The molecule has 0 unspecified atom stereocenters. The van der Waals surface area contributed by atoms with Crippen molar-refractivity contribution in [1.29, 1.82) is 0 Å². The summed E-state index contributed by atoms with van der Waals surface area (Å²) in [6, 6.07) is 6.21. The van der Waals surface area contributed by atoms with Crippen molar-refractivity contribution in [1.82, 2.24) is 9.88 Å². The van der Waals surface area contributed by atoms with Gasteiger partial charge >= 0.3 is 0 Å². The molecule has 1 aliphatic rings. The third-order valence-electron chi connectivity index (χ3n) is 3.76. The highest BCUT2D eigenvalue weighted by molar-refractivity contribution is 6.35. The van der Waals surface area contributed by atoms with Crippen LogP contribution in [0.25, 0.3) is 10.9 Å². The predicted molar refractivity (Wildman–Crippen MR) is 72.8 cm³/mol. The first kappa shape index (κ1) is 11.1. The lowest BCUT2D eigenvalue weighted by Gasteiger charge is -2.22. The van der Waals surface area contributed by atoms with Gasteiger partial charge in [0.2, 0.25) is 0 Å². The molecule has 2 aromatic rings. The zero-order chi connectivity index (χ0) is 11.8. The Balaban J connectivity index is 2.13. The molecule has 1 fully saturated rings. The molecule has 2 nitrogen and oxygen atoms in total. The Labute approximate surface area is 107 Å². The Morgan fingerprint density at radius 3 is 2.82 bits per heavy atom. The van der Waals surface area contributed by atoms with Gasteiger partial charge in [0.05, 0.1) is 10.5 Å². The molecule has 90 valence electrons. The molecule has 0 aliphatic carbocycles. The Kier molecular flexibility index (Phi) is 2.85. The lowest BCUT2D eigenvalue weighted by molar-refractivity contribution is 0.462. The molecule has 1 aromatic heterocycles. The topological polar surface area (TPSA) is 17.0 Å². The van der Waals surface area contributed by atoms with Crippen molar-refractivity contribution in [2.24, 2.45) is 7.05 Å². The molecule has 0 saturated carbocycles. The van der Waals surface area contributed by atoms with E-state index in [0.29, 0.717) is 5.92 Å². The summed E-state index contributed by atoms with van der Waals surface area (Å²) >= 11 is 6.28. The minimum absolute atomic E-state index is 0.679. The van der Waals surface area contributed by atoms with Gasteiger partial charge in [-0.05, 0) is 43.5 Å². The second-order valence-corrected chi connectivity index (χ2v) is 5.26. The van der Waals surface area contributed by atoms with Crippen molar-refractivity contribution in [2.45, 2.75) is 18.8 Å². The van der Waals surface area contributed by atoms with E-state index >= 15 is 0 Å². The molecule has 3 rings (SSSR count). The smallest absolute Gasteiger partial charge is 0.0669 e. The van der Waals surface area contributed by atoms with Crippen LogP contribution >= 0.6 is 11.6 Å². The van der Waals surface area contributed by atoms with Crippen molar-refractivity contribution >= 4 is 22.5 Å². The maximum atomic E-state index is 6.28. The molecule has 1 aromatic carbocycles. The fourth-order valence-electron chi connectivity index (χ4n) is 2.91. The average molecular weight is 249 g/mol. The molecule has 3 heteroatoms. The van der Waals surface area contributed by atoms with Gasteiger partial charge in [-0.25, -0.2) is 0 Å². The minimum Gasteiger partial charge on any atom is -0.349 e. The number of hydrogen-bond donors (Lipinski definition) is 1. The van der Waals surface area contributed by atoms with Crippen LogP contribution in [-0.2, 0) is 7.05 Å². The van der Waals surface area contributed by atoms with Crippen LogP contribution in [0.2, 0.25) is 5.02 Å². The summed E-state index contributed by atoms with van der Waals surface area (Å²) in [7, 11) is 2.08. The fraction of sp³-hybridized carbons (Fsp3) is 0.429. The molecule has 1 N–H and O–H groups in total. The molecule has 0 atom stereocenters. The number of nitrogens with one attached hydrogen (secondary N) is 1. The zero-order valence-electron chi connectivity index (χ0n) is 10.0. The number of halogens is 1. The number of piperidine rings is 1. The van der Waals surface area contributed by atoms with Crippen LogP contribution in [0.3, 0.4) is 0 Å². The van der Waals surface area contributed by atoms with Gasteiger partial charge in [-0.3, -0.25) is 0 Å². The van der Waals surface area contributed by atoms with Gasteiger partial charge in [0, 0.05) is 18.6 Å². The highest BCUT2D eigenvalue weighted by Crippen LogP contribution is 2.35. The molecule has 0 bridgehead atoms. The summed E-state index contributed by atoms with van der Waals surface area (Å²) in [6.07, 6.45) is 4.71. The molecule has 1 aliphatic heterocycles. The molecule has 0 spiro atoms. The van der Waals surface area contributed by atoms with E-state index in [9.17, 15) is 0 Å². The van der Waals surface area contributed by atoms with Gasteiger partial charge in [-0.2, -0.15) is 0 Å². The molecule has 0 amide bonds. The number of para-hydroxylation sites is 1. The average Bonchev–Trinajstić information content (AvgIpc) is 2.69. The van der Waals surface area contributed by atoms with Gasteiger partial charge in [-0.15, -0.1) is 0 Å². The second kappa shape index (κ2) is 4.35. The number of hydrogen-bond acceptors (Lipinski definition) is 1. The number of fused-ring (bicyclic) bond motifs is 1. The largest absolute Gasteiger partial charge is 0.349 e. The van der Waals surface area contributed by atoms with Crippen molar-refractivity contribution < 1.29 is 0 Å². The van der Waals surface area contributed by atoms with E-state index in [2.05, 4.69) is 35.3 Å². The van der Waals surface area contributed by atoms with E-state index < -0.39 is 0 Å². The summed E-state index contributed by atoms with van der Waals surface area (Å²) in [4.78, 5) is 0. The molecular formula is C14H17ClN2. The monoisotopic (exact) mass is 248 g/mol. The lowest BCUT2D eigenvalue weighted by Crippen LogP contribution is -2.26. The highest BCUT2D eigenvalue weighted by Gasteiger charge is 2.20. The normalized spacial score (nSPS) is 17.8. The Bertz CT molecular complexity index is 538. The maximum Gasteiger partial charge on any atom is 0.0669 e. The standard InChI is InChI=1S/C14H17ClN2/c1-17-9-12(10-5-7-16-8-6-10)11-3-2-4-13(15)14(11)17/h2-4,9-10,16H,5-8H2,1H3. The number of benzene rings is 1. The third-order valence-corrected chi connectivity index (χ3v) is 4.07. The predicted octanol–water partition coefficient (Wildman–Crippen LogP) is 3.30. The number of nitrogens with zero attached hydrogens (tertiary/aromatic N) is 1. The quantitative estimate of drug-likeness (QED) is 0.820. The summed E-state index contributed by atoms with van der Waals surface area (Å²) in [5.41, 5.74) is 2.63. The first-order valence-electron chi connectivity index (χ1n) is 6.21. The third kappa shape index (κ3) is 1.85. The zero-order valence-corrected chi connectivity index (χ0v) is 10.8. The molecule has 17 heavy (non-hydrogen) atoms. The summed E-state index contributed by atoms with van der Waals surface area (Å²) in [5, 5.41) is 5.60. The van der Waals surface area contributed by atoms with Crippen LogP contribution in [0.4, 0.5) is 0 Å². The Morgan fingerprint density at radius 1 is 1.29 bits per heavy atom. The van der Waals surface area contributed by atoms with Gasteiger partial charge in [-0.1, -0.05) is 23.7 Å². The van der Waals surface area contributed by atoms with E-state index in [-0.39, 0.29) is 0 Å².